The minimum atomic E-state index is -0.148. The normalized spacial score (nSPS) is 20.4. The average Bonchev–Trinajstić information content (AvgIpc) is 2.82. The molecule has 1 aromatic carbocycles. The van der Waals surface area contributed by atoms with Gasteiger partial charge in [0.05, 0.1) is 0 Å². The van der Waals surface area contributed by atoms with E-state index < -0.39 is 0 Å². The van der Waals surface area contributed by atoms with E-state index in [9.17, 15) is 4.39 Å². The Morgan fingerprint density at radius 2 is 1.94 bits per heavy atom. The first-order valence-corrected chi connectivity index (χ1v) is 6.68. The number of halogens is 1. The van der Waals surface area contributed by atoms with Gasteiger partial charge in [-0.2, -0.15) is 0 Å². The zero-order chi connectivity index (χ0) is 12.3. The molecule has 1 saturated carbocycles. The fraction of sp³-hybridized carbons (Fsp3) is 0.600. The number of hydrogen-bond donors (Lipinski definition) is 1. The van der Waals surface area contributed by atoms with Gasteiger partial charge in [0.15, 0.2) is 0 Å². The molecule has 0 amide bonds. The number of benzene rings is 1. The molecule has 0 saturated heterocycles. The summed E-state index contributed by atoms with van der Waals surface area (Å²) in [6, 6.07) is 7.64. The van der Waals surface area contributed by atoms with Gasteiger partial charge in [-0.3, -0.25) is 0 Å². The highest BCUT2D eigenvalue weighted by Gasteiger charge is 2.22. The second-order valence-electron chi connectivity index (χ2n) is 5.28. The maximum Gasteiger partial charge on any atom is 0.123 e. The van der Waals surface area contributed by atoms with Crippen LogP contribution in [0.1, 0.15) is 51.1 Å². The fourth-order valence-corrected chi connectivity index (χ4v) is 2.86. The summed E-state index contributed by atoms with van der Waals surface area (Å²) in [6.45, 7) is 4.37. The Morgan fingerprint density at radius 3 is 2.59 bits per heavy atom. The van der Waals surface area contributed by atoms with E-state index in [0.717, 1.165) is 11.5 Å². The van der Waals surface area contributed by atoms with E-state index >= 15 is 0 Å². The standard InChI is InChI=1S/C15H22FN/c1-11(13-6-3-4-7-13)17-12(2)14-8-5-9-15(16)10-14/h5,8-13,17H,3-4,6-7H2,1-2H3/t11-,12?/m0/s1. The highest BCUT2D eigenvalue weighted by molar-refractivity contribution is 5.19. The molecule has 0 radical (unpaired) electrons. The summed E-state index contributed by atoms with van der Waals surface area (Å²) in [6.07, 6.45) is 5.41. The Balaban J connectivity index is 1.93. The van der Waals surface area contributed by atoms with Crippen LogP contribution in [0.4, 0.5) is 4.39 Å². The molecule has 2 atom stereocenters. The Kier molecular flexibility index (Phi) is 4.16. The Bertz CT molecular complexity index is 358. The summed E-state index contributed by atoms with van der Waals surface area (Å²) in [7, 11) is 0. The number of hydrogen-bond acceptors (Lipinski definition) is 1. The molecule has 94 valence electrons. The molecule has 0 aromatic heterocycles. The predicted octanol–water partition coefficient (Wildman–Crippen LogP) is 4.06. The second kappa shape index (κ2) is 5.63. The van der Waals surface area contributed by atoms with Gasteiger partial charge in [0, 0.05) is 12.1 Å². The van der Waals surface area contributed by atoms with Crippen LogP contribution >= 0.6 is 0 Å². The van der Waals surface area contributed by atoms with Crippen LogP contribution < -0.4 is 5.32 Å². The highest BCUT2D eigenvalue weighted by atomic mass is 19.1. The first kappa shape index (κ1) is 12.6. The topological polar surface area (TPSA) is 12.0 Å². The molecule has 1 aromatic rings. The molecule has 1 nitrogen and oxygen atoms in total. The molecule has 17 heavy (non-hydrogen) atoms. The van der Waals surface area contributed by atoms with Gasteiger partial charge in [-0.15, -0.1) is 0 Å². The van der Waals surface area contributed by atoms with Crippen LogP contribution in [-0.4, -0.2) is 6.04 Å². The van der Waals surface area contributed by atoms with E-state index in [-0.39, 0.29) is 11.9 Å². The molecule has 0 spiro atoms. The van der Waals surface area contributed by atoms with E-state index in [1.807, 2.05) is 6.07 Å². The molecule has 1 N–H and O–H groups in total. The summed E-state index contributed by atoms with van der Waals surface area (Å²) in [4.78, 5) is 0. The largest absolute Gasteiger partial charge is 0.307 e. The molecule has 2 rings (SSSR count). The maximum atomic E-state index is 13.1. The number of rotatable bonds is 4. The van der Waals surface area contributed by atoms with Gasteiger partial charge in [-0.25, -0.2) is 4.39 Å². The van der Waals surface area contributed by atoms with Crippen molar-refractivity contribution < 1.29 is 4.39 Å². The van der Waals surface area contributed by atoms with Crippen molar-refractivity contribution in [3.63, 3.8) is 0 Å². The van der Waals surface area contributed by atoms with Crippen LogP contribution in [0.15, 0.2) is 24.3 Å². The minimum absolute atomic E-state index is 0.148. The molecule has 1 fully saturated rings. The van der Waals surface area contributed by atoms with Crippen LogP contribution in [0.5, 0.6) is 0 Å². The van der Waals surface area contributed by atoms with E-state index in [2.05, 4.69) is 19.2 Å². The third-order valence-electron chi connectivity index (χ3n) is 3.97. The Labute approximate surface area is 103 Å². The highest BCUT2D eigenvalue weighted by Crippen LogP contribution is 2.28. The molecule has 1 aliphatic carbocycles. The van der Waals surface area contributed by atoms with Gasteiger partial charge in [0.2, 0.25) is 0 Å². The van der Waals surface area contributed by atoms with E-state index in [4.69, 9.17) is 0 Å². The lowest BCUT2D eigenvalue weighted by Crippen LogP contribution is -2.34. The van der Waals surface area contributed by atoms with Gasteiger partial charge >= 0.3 is 0 Å². The van der Waals surface area contributed by atoms with E-state index in [0.29, 0.717) is 6.04 Å². The molecular formula is C15H22FN. The van der Waals surface area contributed by atoms with Gasteiger partial charge in [0.25, 0.3) is 0 Å². The van der Waals surface area contributed by atoms with Gasteiger partial charge in [-0.05, 0) is 50.3 Å². The van der Waals surface area contributed by atoms with Crippen molar-refractivity contribution in [1.29, 1.82) is 0 Å². The molecule has 1 aliphatic rings. The first-order valence-electron chi connectivity index (χ1n) is 6.68. The zero-order valence-electron chi connectivity index (χ0n) is 10.7. The lowest BCUT2D eigenvalue weighted by molar-refractivity contribution is 0.352. The molecule has 2 heteroatoms. The first-order chi connectivity index (χ1) is 8.16. The minimum Gasteiger partial charge on any atom is -0.307 e. The summed E-state index contributed by atoms with van der Waals surface area (Å²) in [5.74, 6) is 0.649. The quantitative estimate of drug-likeness (QED) is 0.830. The van der Waals surface area contributed by atoms with Crippen LogP contribution in [0.2, 0.25) is 0 Å². The van der Waals surface area contributed by atoms with E-state index in [1.165, 1.54) is 31.7 Å². The lowest BCUT2D eigenvalue weighted by atomic mass is 9.98. The monoisotopic (exact) mass is 235 g/mol. The summed E-state index contributed by atoms with van der Waals surface area (Å²) >= 11 is 0. The molecular weight excluding hydrogens is 213 g/mol. The summed E-state index contributed by atoms with van der Waals surface area (Å²) < 4.78 is 13.1. The van der Waals surface area contributed by atoms with Gasteiger partial charge in [-0.1, -0.05) is 25.0 Å². The van der Waals surface area contributed by atoms with Crippen molar-refractivity contribution in [2.75, 3.05) is 0 Å². The van der Waals surface area contributed by atoms with Crippen molar-refractivity contribution in [3.8, 4) is 0 Å². The zero-order valence-corrected chi connectivity index (χ0v) is 10.7. The van der Waals surface area contributed by atoms with Crippen LogP contribution in [-0.2, 0) is 0 Å². The van der Waals surface area contributed by atoms with Crippen molar-refractivity contribution in [1.82, 2.24) is 5.32 Å². The van der Waals surface area contributed by atoms with E-state index in [1.54, 1.807) is 12.1 Å². The van der Waals surface area contributed by atoms with Crippen LogP contribution in [0.3, 0.4) is 0 Å². The van der Waals surface area contributed by atoms with Crippen LogP contribution in [0, 0.1) is 11.7 Å². The third kappa shape index (κ3) is 3.29. The van der Waals surface area contributed by atoms with Crippen LogP contribution in [0.25, 0.3) is 0 Å². The Hall–Kier alpha value is -0.890. The van der Waals surface area contributed by atoms with Crippen molar-refractivity contribution in [2.45, 2.75) is 51.6 Å². The number of nitrogens with one attached hydrogen (secondary N) is 1. The van der Waals surface area contributed by atoms with Gasteiger partial charge < -0.3 is 5.32 Å². The summed E-state index contributed by atoms with van der Waals surface area (Å²) in [5, 5.41) is 3.60. The molecule has 0 aliphatic heterocycles. The molecule has 0 heterocycles. The average molecular weight is 235 g/mol. The maximum absolute atomic E-state index is 13.1. The SMILES string of the molecule is CC(N[C@@H](C)C1CCCC1)c1cccc(F)c1. The molecule has 1 unspecified atom stereocenters. The van der Waals surface area contributed by atoms with Crippen molar-refractivity contribution >= 4 is 0 Å². The smallest absolute Gasteiger partial charge is 0.123 e. The Morgan fingerprint density at radius 1 is 1.24 bits per heavy atom. The van der Waals surface area contributed by atoms with Gasteiger partial charge in [0.1, 0.15) is 5.82 Å². The lowest BCUT2D eigenvalue weighted by Gasteiger charge is -2.25. The predicted molar refractivity (Wildman–Crippen MR) is 69.4 cm³/mol. The summed E-state index contributed by atoms with van der Waals surface area (Å²) in [5.41, 5.74) is 1.04. The van der Waals surface area contributed by atoms with Crippen molar-refractivity contribution in [2.24, 2.45) is 5.92 Å². The molecule has 0 bridgehead atoms. The fourth-order valence-electron chi connectivity index (χ4n) is 2.86. The van der Waals surface area contributed by atoms with Crippen molar-refractivity contribution in [3.05, 3.63) is 35.6 Å². The second-order valence-corrected chi connectivity index (χ2v) is 5.28. The third-order valence-corrected chi connectivity index (χ3v) is 3.97.